The van der Waals surface area contributed by atoms with E-state index in [1.165, 1.54) is 0 Å². The fourth-order valence-electron chi connectivity index (χ4n) is 0. The third-order valence-electron chi connectivity index (χ3n) is 0. The van der Waals surface area contributed by atoms with Crippen LogP contribution in [0, 0.1) is 10.1 Å². The first kappa shape index (κ1) is 16.3. The van der Waals surface area contributed by atoms with Crippen LogP contribution in [0.15, 0.2) is 0 Å². The summed E-state index contributed by atoms with van der Waals surface area (Å²) >= 11 is 0. The summed E-state index contributed by atoms with van der Waals surface area (Å²) in [5.41, 5.74) is 0. The molecule has 0 heterocycles. The standard InChI is InChI=1S/HNO3.Ni.H2O4S/c2-1(3)4;;1-5(2,3)4/h(H,2,3,4);;(H2,1,2,3,4)/q;+2;/p-2. The summed E-state index contributed by atoms with van der Waals surface area (Å²) in [6.45, 7) is 0. The van der Waals surface area contributed by atoms with Crippen molar-refractivity contribution in [1.29, 1.82) is 0 Å². The van der Waals surface area contributed by atoms with E-state index in [0.29, 0.717) is 0 Å². The molecule has 0 spiro atoms. The molecule has 0 aromatic heterocycles. The molecule has 0 bridgehead atoms. The average molecular weight is 218 g/mol. The van der Waals surface area contributed by atoms with Gasteiger partial charge in [-0.05, 0) is 0 Å². The molecule has 0 aliphatic heterocycles. The molecule has 8 nitrogen and oxygen atoms in total. The Balaban J connectivity index is -0.0000000910. The Hall–Kier alpha value is -0.436. The quantitative estimate of drug-likeness (QED) is 0.168. The van der Waals surface area contributed by atoms with Gasteiger partial charge in [-0.2, -0.15) is 0 Å². The first-order valence-electron chi connectivity index (χ1n) is 1.23. The second-order valence-corrected chi connectivity index (χ2v) is 1.46. The van der Waals surface area contributed by atoms with Gasteiger partial charge in [0.1, 0.15) is 0 Å². The zero-order chi connectivity index (χ0) is 8.08. The smallest absolute Gasteiger partial charge is 0.759 e. The summed E-state index contributed by atoms with van der Waals surface area (Å²) in [6.07, 6.45) is 0. The Morgan fingerprint density at radius 3 is 1.30 bits per heavy atom. The Bertz CT molecular complexity index is 156. The third-order valence-corrected chi connectivity index (χ3v) is 0. The first-order chi connectivity index (χ1) is 3.73. The van der Waals surface area contributed by atoms with Gasteiger partial charge in [-0.3, -0.25) is 8.42 Å². The minimum atomic E-state index is -5.17. The van der Waals surface area contributed by atoms with Gasteiger partial charge in [0, 0.05) is 10.4 Å². The predicted octanol–water partition coefficient (Wildman–Crippen LogP) is -1.69. The Morgan fingerprint density at radius 1 is 1.30 bits per heavy atom. The minimum absolute atomic E-state index is 0. The van der Waals surface area contributed by atoms with Crippen LogP contribution >= 0.6 is 0 Å². The van der Waals surface area contributed by atoms with E-state index in [9.17, 15) is 0 Å². The summed E-state index contributed by atoms with van der Waals surface area (Å²) in [4.78, 5) is 8.36. The predicted molar refractivity (Wildman–Crippen MR) is 19.3 cm³/mol. The van der Waals surface area contributed by atoms with Crippen molar-refractivity contribution in [3.05, 3.63) is 10.1 Å². The molecule has 0 aliphatic carbocycles. The van der Waals surface area contributed by atoms with Crippen LogP contribution in [0.25, 0.3) is 0 Å². The SMILES string of the molecule is O=S(=O)([O-])[O-].O=[N+]([O-])O.[Ni+2]. The van der Waals surface area contributed by atoms with E-state index >= 15 is 0 Å². The third kappa shape index (κ3) is 1710. The molecular formula is HNNiO7S. The summed E-state index contributed by atoms with van der Waals surface area (Å²) in [5.74, 6) is 0. The summed E-state index contributed by atoms with van der Waals surface area (Å²) in [7, 11) is -5.17. The van der Waals surface area contributed by atoms with Crippen molar-refractivity contribution in [3.8, 4) is 0 Å². The molecule has 0 atom stereocenters. The van der Waals surface area contributed by atoms with Gasteiger partial charge in [0.15, 0.2) is 0 Å². The van der Waals surface area contributed by atoms with Crippen LogP contribution in [0.2, 0.25) is 0 Å². The molecule has 0 aliphatic rings. The number of rotatable bonds is 0. The van der Waals surface area contributed by atoms with E-state index in [4.69, 9.17) is 32.8 Å². The monoisotopic (exact) mass is 217 g/mol. The fraction of sp³-hybridized carbons (Fsp3) is 0. The van der Waals surface area contributed by atoms with E-state index in [0.717, 1.165) is 0 Å². The van der Waals surface area contributed by atoms with Crippen LogP contribution in [0.1, 0.15) is 0 Å². The summed E-state index contributed by atoms with van der Waals surface area (Å²) in [5, 5.41) is 13.6. The summed E-state index contributed by atoms with van der Waals surface area (Å²) < 4.78 is 34.1. The zero-order valence-corrected chi connectivity index (χ0v) is 5.87. The van der Waals surface area contributed by atoms with Crippen molar-refractivity contribution in [3.63, 3.8) is 0 Å². The number of nitrogens with zero attached hydrogens (tertiary/aromatic N) is 1. The van der Waals surface area contributed by atoms with Crippen LogP contribution in [0.3, 0.4) is 0 Å². The maximum absolute atomic E-state index is 8.52. The molecular weight excluding hydrogens is 217 g/mol. The Morgan fingerprint density at radius 2 is 1.30 bits per heavy atom. The normalized spacial score (nSPS) is 8.20. The molecule has 10 heavy (non-hydrogen) atoms. The maximum atomic E-state index is 8.52. The van der Waals surface area contributed by atoms with Crippen molar-refractivity contribution >= 4 is 10.4 Å². The number of hydrogen-bond acceptors (Lipinski definition) is 6. The molecule has 0 fully saturated rings. The molecule has 0 aromatic carbocycles. The van der Waals surface area contributed by atoms with Crippen LogP contribution in [-0.4, -0.2) is 27.8 Å². The van der Waals surface area contributed by atoms with Crippen molar-refractivity contribution in [2.24, 2.45) is 0 Å². The molecule has 1 N–H and O–H groups in total. The summed E-state index contributed by atoms with van der Waals surface area (Å²) in [6, 6.07) is 0. The molecule has 0 saturated carbocycles. The maximum Gasteiger partial charge on any atom is 2.00 e. The molecule has 0 rings (SSSR count). The second kappa shape index (κ2) is 6.68. The molecule has 0 amide bonds. The van der Waals surface area contributed by atoms with Gasteiger partial charge >= 0.3 is 16.5 Å². The zero-order valence-electron chi connectivity index (χ0n) is 4.07. The van der Waals surface area contributed by atoms with E-state index in [1.807, 2.05) is 0 Å². The molecule has 0 unspecified atom stereocenters. The first-order valence-corrected chi connectivity index (χ1v) is 2.57. The molecule has 0 aromatic rings. The topological polar surface area (TPSA) is 144 Å². The molecule has 0 radical (unpaired) electrons. The molecule has 0 saturated heterocycles. The Labute approximate surface area is 65.5 Å². The van der Waals surface area contributed by atoms with Gasteiger partial charge in [-0.1, -0.05) is 0 Å². The average Bonchev–Trinajstić information content (AvgIpc) is 1.19. The van der Waals surface area contributed by atoms with E-state index in [1.54, 1.807) is 0 Å². The van der Waals surface area contributed by atoms with E-state index in [-0.39, 0.29) is 16.5 Å². The van der Waals surface area contributed by atoms with Crippen LogP contribution in [0.5, 0.6) is 0 Å². The number of hydrogen-bond donors (Lipinski definition) is 1. The van der Waals surface area contributed by atoms with Gasteiger partial charge in [0.25, 0.3) is 5.09 Å². The van der Waals surface area contributed by atoms with Gasteiger partial charge in [0.05, 0.1) is 0 Å². The van der Waals surface area contributed by atoms with Crippen molar-refractivity contribution in [2.45, 2.75) is 0 Å². The van der Waals surface area contributed by atoms with E-state index < -0.39 is 15.5 Å². The van der Waals surface area contributed by atoms with Gasteiger partial charge in [-0.15, -0.1) is 10.1 Å². The molecule has 64 valence electrons. The van der Waals surface area contributed by atoms with Crippen LogP contribution in [0.4, 0.5) is 0 Å². The Kier molecular flexibility index (Phi) is 10.9. The second-order valence-electron chi connectivity index (χ2n) is 0.646. The van der Waals surface area contributed by atoms with Crippen LogP contribution in [-0.2, 0) is 26.9 Å². The fourth-order valence-corrected chi connectivity index (χ4v) is 0. The van der Waals surface area contributed by atoms with Gasteiger partial charge < -0.3 is 14.3 Å². The molecule has 10 heteroatoms. The van der Waals surface area contributed by atoms with Gasteiger partial charge in [0.2, 0.25) is 0 Å². The van der Waals surface area contributed by atoms with E-state index in [2.05, 4.69) is 0 Å². The van der Waals surface area contributed by atoms with Crippen LogP contribution < -0.4 is 0 Å². The van der Waals surface area contributed by atoms with Crippen molar-refractivity contribution in [1.82, 2.24) is 0 Å². The minimum Gasteiger partial charge on any atom is -0.759 e. The van der Waals surface area contributed by atoms with Crippen molar-refractivity contribution in [2.75, 3.05) is 0 Å². The van der Waals surface area contributed by atoms with Gasteiger partial charge in [-0.25, -0.2) is 0 Å². The van der Waals surface area contributed by atoms with Crippen molar-refractivity contribution < 1.29 is 44.3 Å². The largest absolute Gasteiger partial charge is 2.00 e.